The molecule has 1 saturated carbocycles. The fourth-order valence-electron chi connectivity index (χ4n) is 3.08. The topological polar surface area (TPSA) is 60.2 Å². The van der Waals surface area contributed by atoms with Gasteiger partial charge >= 0.3 is 0 Å². The second kappa shape index (κ2) is 7.90. The molecule has 0 aromatic carbocycles. The van der Waals surface area contributed by atoms with E-state index < -0.39 is 0 Å². The number of nitrogens with one attached hydrogen (secondary N) is 1. The standard InChI is InChI=1S/C16H29N3O2/c1-4-17-12-13(3)14-18-15(19-21-14)16(20-5-2)10-8-6-7-9-11-16/h13,17H,4-12H2,1-3H3. The Hall–Kier alpha value is -0.940. The van der Waals surface area contributed by atoms with E-state index in [0.29, 0.717) is 12.5 Å². The first-order chi connectivity index (χ1) is 10.2. The highest BCUT2D eigenvalue weighted by Crippen LogP contribution is 2.38. The molecule has 0 radical (unpaired) electrons. The van der Waals surface area contributed by atoms with E-state index in [1.165, 1.54) is 25.7 Å². The Labute approximate surface area is 127 Å². The molecule has 0 spiro atoms. The van der Waals surface area contributed by atoms with Gasteiger partial charge in [0.1, 0.15) is 5.60 Å². The molecule has 0 saturated heterocycles. The van der Waals surface area contributed by atoms with Crippen molar-refractivity contribution in [2.75, 3.05) is 19.7 Å². The third-order valence-electron chi connectivity index (χ3n) is 4.30. The lowest BCUT2D eigenvalue weighted by Crippen LogP contribution is -2.31. The number of likely N-dealkylation sites (N-methyl/N-ethyl adjacent to an activating group) is 1. The molecule has 5 nitrogen and oxygen atoms in total. The third kappa shape index (κ3) is 4.04. The van der Waals surface area contributed by atoms with Gasteiger partial charge in [-0.2, -0.15) is 4.98 Å². The van der Waals surface area contributed by atoms with E-state index in [9.17, 15) is 0 Å². The first-order valence-electron chi connectivity index (χ1n) is 8.40. The molecular weight excluding hydrogens is 266 g/mol. The van der Waals surface area contributed by atoms with Gasteiger partial charge in [-0.1, -0.05) is 44.7 Å². The summed E-state index contributed by atoms with van der Waals surface area (Å²) in [6.07, 6.45) is 6.91. The van der Waals surface area contributed by atoms with Crippen LogP contribution in [-0.2, 0) is 10.3 Å². The van der Waals surface area contributed by atoms with Crippen molar-refractivity contribution >= 4 is 0 Å². The summed E-state index contributed by atoms with van der Waals surface area (Å²) in [5, 5.41) is 7.58. The van der Waals surface area contributed by atoms with Crippen LogP contribution >= 0.6 is 0 Å². The molecule has 1 N–H and O–H groups in total. The van der Waals surface area contributed by atoms with Gasteiger partial charge in [-0.15, -0.1) is 0 Å². The van der Waals surface area contributed by atoms with Crippen molar-refractivity contribution in [2.24, 2.45) is 0 Å². The van der Waals surface area contributed by atoms with Crippen LogP contribution in [0.25, 0.3) is 0 Å². The monoisotopic (exact) mass is 295 g/mol. The van der Waals surface area contributed by atoms with Crippen molar-refractivity contribution in [3.05, 3.63) is 11.7 Å². The maximum Gasteiger partial charge on any atom is 0.230 e. The van der Waals surface area contributed by atoms with Crippen LogP contribution in [0, 0.1) is 0 Å². The van der Waals surface area contributed by atoms with E-state index >= 15 is 0 Å². The Balaban J connectivity index is 2.15. The number of hydrogen-bond acceptors (Lipinski definition) is 5. The van der Waals surface area contributed by atoms with Crippen LogP contribution in [0.2, 0.25) is 0 Å². The van der Waals surface area contributed by atoms with E-state index in [2.05, 4.69) is 29.3 Å². The van der Waals surface area contributed by atoms with Crippen molar-refractivity contribution < 1.29 is 9.26 Å². The number of nitrogens with zero attached hydrogens (tertiary/aromatic N) is 2. The number of ether oxygens (including phenoxy) is 1. The van der Waals surface area contributed by atoms with Crippen molar-refractivity contribution in [3.8, 4) is 0 Å². The minimum absolute atomic E-state index is 0.232. The van der Waals surface area contributed by atoms with Crippen LogP contribution in [-0.4, -0.2) is 29.8 Å². The van der Waals surface area contributed by atoms with Gasteiger partial charge in [0.25, 0.3) is 0 Å². The summed E-state index contributed by atoms with van der Waals surface area (Å²) in [4.78, 5) is 4.68. The molecule has 1 heterocycles. The van der Waals surface area contributed by atoms with Gasteiger partial charge in [0, 0.05) is 19.1 Å². The normalized spacial score (nSPS) is 20.1. The second-order valence-electron chi connectivity index (χ2n) is 6.01. The second-order valence-corrected chi connectivity index (χ2v) is 6.01. The average molecular weight is 295 g/mol. The highest BCUT2D eigenvalue weighted by Gasteiger charge is 2.38. The number of hydrogen-bond donors (Lipinski definition) is 1. The van der Waals surface area contributed by atoms with E-state index in [1.54, 1.807) is 0 Å². The fraction of sp³-hybridized carbons (Fsp3) is 0.875. The summed E-state index contributed by atoms with van der Waals surface area (Å²) in [5.41, 5.74) is -0.328. The SMILES string of the molecule is CCNCC(C)c1nc(C2(OCC)CCCCCC2)no1. The third-order valence-corrected chi connectivity index (χ3v) is 4.30. The quantitative estimate of drug-likeness (QED) is 0.781. The Kier molecular flexibility index (Phi) is 6.18. The minimum Gasteiger partial charge on any atom is -0.367 e. The molecule has 1 aromatic heterocycles. The number of rotatable bonds is 7. The van der Waals surface area contributed by atoms with Gasteiger partial charge in [-0.05, 0) is 26.3 Å². The molecule has 1 aromatic rings. The molecule has 1 aliphatic carbocycles. The van der Waals surface area contributed by atoms with Gasteiger partial charge in [-0.3, -0.25) is 0 Å². The minimum atomic E-state index is -0.328. The Morgan fingerprint density at radius 3 is 2.57 bits per heavy atom. The first-order valence-corrected chi connectivity index (χ1v) is 8.40. The fourth-order valence-corrected chi connectivity index (χ4v) is 3.08. The maximum atomic E-state index is 6.11. The van der Waals surface area contributed by atoms with E-state index in [4.69, 9.17) is 9.26 Å². The largest absolute Gasteiger partial charge is 0.367 e. The van der Waals surface area contributed by atoms with Crippen LogP contribution in [0.1, 0.15) is 76.9 Å². The van der Waals surface area contributed by atoms with Crippen LogP contribution < -0.4 is 5.32 Å². The molecule has 21 heavy (non-hydrogen) atoms. The number of aromatic nitrogens is 2. The summed E-state index contributed by atoms with van der Waals surface area (Å²) >= 11 is 0. The molecule has 1 fully saturated rings. The summed E-state index contributed by atoms with van der Waals surface area (Å²) in [7, 11) is 0. The molecule has 2 rings (SSSR count). The molecule has 1 aliphatic rings. The predicted octanol–water partition coefficient (Wildman–Crippen LogP) is 3.37. The average Bonchev–Trinajstić information content (AvgIpc) is 2.87. The Morgan fingerprint density at radius 1 is 1.24 bits per heavy atom. The van der Waals surface area contributed by atoms with Crippen molar-refractivity contribution in [2.45, 2.75) is 70.8 Å². The molecule has 120 valence electrons. The van der Waals surface area contributed by atoms with Gasteiger partial charge in [0.05, 0.1) is 0 Å². The highest BCUT2D eigenvalue weighted by atomic mass is 16.5. The van der Waals surface area contributed by atoms with Crippen molar-refractivity contribution in [3.63, 3.8) is 0 Å². The zero-order valence-corrected chi connectivity index (χ0v) is 13.7. The first kappa shape index (κ1) is 16.4. The van der Waals surface area contributed by atoms with Crippen molar-refractivity contribution in [1.82, 2.24) is 15.5 Å². The maximum absolute atomic E-state index is 6.11. The summed E-state index contributed by atoms with van der Waals surface area (Å²) < 4.78 is 11.6. The van der Waals surface area contributed by atoms with Gasteiger partial charge in [0.15, 0.2) is 0 Å². The molecule has 0 bridgehead atoms. The summed E-state index contributed by atoms with van der Waals surface area (Å²) in [6, 6.07) is 0. The van der Waals surface area contributed by atoms with Crippen LogP contribution in [0.3, 0.4) is 0 Å². The Morgan fingerprint density at radius 2 is 1.95 bits per heavy atom. The zero-order chi connectivity index (χ0) is 15.1. The lowest BCUT2D eigenvalue weighted by atomic mass is 9.93. The Bertz CT molecular complexity index is 411. The molecular formula is C16H29N3O2. The lowest BCUT2D eigenvalue weighted by Gasteiger charge is -2.29. The predicted molar refractivity (Wildman–Crippen MR) is 82.3 cm³/mol. The smallest absolute Gasteiger partial charge is 0.230 e. The van der Waals surface area contributed by atoms with E-state index in [-0.39, 0.29) is 11.5 Å². The van der Waals surface area contributed by atoms with E-state index in [1.807, 2.05) is 6.92 Å². The molecule has 1 atom stereocenters. The van der Waals surface area contributed by atoms with Crippen LogP contribution in [0.4, 0.5) is 0 Å². The van der Waals surface area contributed by atoms with Crippen LogP contribution in [0.5, 0.6) is 0 Å². The van der Waals surface area contributed by atoms with Crippen molar-refractivity contribution in [1.29, 1.82) is 0 Å². The summed E-state index contributed by atoms with van der Waals surface area (Å²) in [5.74, 6) is 1.70. The van der Waals surface area contributed by atoms with Gasteiger partial charge in [-0.25, -0.2) is 0 Å². The zero-order valence-electron chi connectivity index (χ0n) is 13.7. The highest BCUT2D eigenvalue weighted by molar-refractivity contribution is 5.04. The van der Waals surface area contributed by atoms with Gasteiger partial charge in [0.2, 0.25) is 11.7 Å². The molecule has 1 unspecified atom stereocenters. The summed E-state index contributed by atoms with van der Waals surface area (Å²) in [6.45, 7) is 8.76. The van der Waals surface area contributed by atoms with Crippen LogP contribution in [0.15, 0.2) is 4.52 Å². The van der Waals surface area contributed by atoms with E-state index in [0.717, 1.165) is 31.8 Å². The van der Waals surface area contributed by atoms with Gasteiger partial charge < -0.3 is 14.6 Å². The molecule has 0 amide bonds. The lowest BCUT2D eigenvalue weighted by molar-refractivity contribution is -0.0636. The molecule has 0 aliphatic heterocycles. The molecule has 5 heteroatoms.